The van der Waals surface area contributed by atoms with Crippen LogP contribution >= 0.6 is 0 Å². The van der Waals surface area contributed by atoms with E-state index in [2.05, 4.69) is 5.32 Å². The van der Waals surface area contributed by atoms with Crippen LogP contribution in [0, 0.1) is 0 Å². The Morgan fingerprint density at radius 1 is 1.21 bits per heavy atom. The molecule has 0 bridgehead atoms. The van der Waals surface area contributed by atoms with Gasteiger partial charge in [-0.15, -0.1) is 0 Å². The topological polar surface area (TPSA) is 67.8 Å². The molecule has 2 N–H and O–H groups in total. The fourth-order valence-corrected chi connectivity index (χ4v) is 2.68. The number of amides is 1. The van der Waals surface area contributed by atoms with E-state index in [1.165, 1.54) is 13.0 Å². The largest absolute Gasteiger partial charge is 0.492 e. The molecule has 1 aliphatic heterocycles. The van der Waals surface area contributed by atoms with Crippen LogP contribution in [0.2, 0.25) is 0 Å². The van der Waals surface area contributed by atoms with Gasteiger partial charge in [0.05, 0.1) is 23.4 Å². The maximum atomic E-state index is 12.9. The van der Waals surface area contributed by atoms with Gasteiger partial charge >= 0.3 is 13.3 Å². The summed E-state index contributed by atoms with van der Waals surface area (Å²) in [5, 5.41) is 12.2. The van der Waals surface area contributed by atoms with Gasteiger partial charge in [0.25, 0.3) is 0 Å². The third-order valence-electron chi connectivity index (χ3n) is 5.08. The number of alkyl halides is 3. The Bertz CT molecular complexity index is 759. The number of rotatable bonds is 5. The minimum atomic E-state index is -4.50. The van der Waals surface area contributed by atoms with Gasteiger partial charge in [0.15, 0.2) is 0 Å². The number of hydrogen-bond donors (Lipinski definition) is 2. The van der Waals surface area contributed by atoms with Crippen LogP contribution < -0.4 is 5.32 Å². The highest BCUT2D eigenvalue weighted by Gasteiger charge is 2.52. The molecule has 28 heavy (non-hydrogen) atoms. The smallest absolute Gasteiger partial charge is 0.400 e. The molecule has 0 unspecified atom stereocenters. The third kappa shape index (κ3) is 4.95. The van der Waals surface area contributed by atoms with E-state index >= 15 is 0 Å². The number of aliphatic hydroxyl groups is 1. The molecule has 0 atom stereocenters. The SMILES string of the molecule is CC(=O)NCC(=Cc1ccc(C(F)(F)F)cc1CO)B1OC(C)(C)C(C)(C)O1. The van der Waals surface area contributed by atoms with Crippen molar-refractivity contribution in [3.05, 3.63) is 40.4 Å². The number of carbonyl (C=O) groups excluding carboxylic acids is 1. The minimum absolute atomic E-state index is 0.0953. The van der Waals surface area contributed by atoms with Crippen molar-refractivity contribution in [2.75, 3.05) is 6.54 Å². The van der Waals surface area contributed by atoms with E-state index in [1.54, 1.807) is 6.08 Å². The molecule has 0 radical (unpaired) electrons. The summed E-state index contributed by atoms with van der Waals surface area (Å²) in [7, 11) is -0.786. The monoisotopic (exact) mass is 399 g/mol. The number of halogens is 3. The normalized spacial score (nSPS) is 19.0. The van der Waals surface area contributed by atoms with Crippen LogP contribution in [0.4, 0.5) is 13.2 Å². The van der Waals surface area contributed by atoms with E-state index in [0.717, 1.165) is 12.1 Å². The summed E-state index contributed by atoms with van der Waals surface area (Å²) in [6, 6.07) is 3.14. The first kappa shape index (κ1) is 22.5. The summed E-state index contributed by atoms with van der Waals surface area (Å²) in [6.45, 7) is 8.39. The summed E-state index contributed by atoms with van der Waals surface area (Å²) in [4.78, 5) is 11.4. The standard InChI is InChI=1S/C19H25BF3NO4/c1-12(26)24-10-16(20-27-17(2,3)18(4,5)28-20)9-13-6-7-15(19(21,22)23)8-14(13)11-25/h6-9,25H,10-11H2,1-5H3,(H,24,26). The van der Waals surface area contributed by atoms with Crippen LogP contribution in [0.15, 0.2) is 23.7 Å². The zero-order valence-electron chi connectivity index (χ0n) is 16.6. The molecule has 1 aromatic rings. The Labute approximate surface area is 163 Å². The second-order valence-electron chi connectivity index (χ2n) is 7.79. The number of nitrogens with one attached hydrogen (secondary N) is 1. The van der Waals surface area contributed by atoms with Gasteiger partial charge in [0.1, 0.15) is 0 Å². The lowest BCUT2D eigenvalue weighted by molar-refractivity contribution is -0.137. The Kier molecular flexibility index (Phi) is 6.32. The van der Waals surface area contributed by atoms with E-state index in [1.807, 2.05) is 27.7 Å². The van der Waals surface area contributed by atoms with E-state index in [0.29, 0.717) is 11.0 Å². The number of hydrogen-bond acceptors (Lipinski definition) is 4. The minimum Gasteiger partial charge on any atom is -0.400 e. The lowest BCUT2D eigenvalue weighted by Crippen LogP contribution is -2.41. The highest BCUT2D eigenvalue weighted by molar-refractivity contribution is 6.56. The van der Waals surface area contributed by atoms with E-state index in [4.69, 9.17) is 9.31 Å². The molecule has 0 aromatic heterocycles. The zero-order chi connectivity index (χ0) is 21.3. The number of aliphatic hydroxyl groups excluding tert-OH is 1. The van der Waals surface area contributed by atoms with E-state index in [-0.39, 0.29) is 18.0 Å². The summed E-state index contributed by atoms with van der Waals surface area (Å²) < 4.78 is 50.8. The highest BCUT2D eigenvalue weighted by Crippen LogP contribution is 2.39. The van der Waals surface area contributed by atoms with Gasteiger partial charge in [-0.2, -0.15) is 13.2 Å². The van der Waals surface area contributed by atoms with Gasteiger partial charge in [-0.05, 0) is 56.4 Å². The van der Waals surface area contributed by atoms with Crippen molar-refractivity contribution in [2.45, 2.75) is 58.6 Å². The van der Waals surface area contributed by atoms with Crippen molar-refractivity contribution in [3.8, 4) is 0 Å². The summed E-state index contributed by atoms with van der Waals surface area (Å²) in [5.74, 6) is -0.266. The van der Waals surface area contributed by atoms with Crippen LogP contribution in [0.3, 0.4) is 0 Å². The predicted octanol–water partition coefficient (Wildman–Crippen LogP) is 3.35. The van der Waals surface area contributed by atoms with Crippen molar-refractivity contribution >= 4 is 19.1 Å². The predicted molar refractivity (Wildman–Crippen MR) is 100 cm³/mol. The fourth-order valence-electron chi connectivity index (χ4n) is 2.68. The van der Waals surface area contributed by atoms with Crippen LogP contribution in [0.25, 0.3) is 6.08 Å². The molecule has 5 nitrogen and oxygen atoms in total. The molecule has 0 aliphatic carbocycles. The van der Waals surface area contributed by atoms with Crippen LogP contribution in [-0.4, -0.2) is 35.9 Å². The summed E-state index contributed by atoms with van der Waals surface area (Å²) in [6.07, 6.45) is -2.92. The highest BCUT2D eigenvalue weighted by atomic mass is 19.4. The Morgan fingerprint density at radius 2 is 1.79 bits per heavy atom. The summed E-state index contributed by atoms with van der Waals surface area (Å²) in [5.41, 5.74) is -1.03. The average molecular weight is 399 g/mol. The van der Waals surface area contributed by atoms with Crippen molar-refractivity contribution in [2.24, 2.45) is 0 Å². The molecule has 9 heteroatoms. The zero-order valence-corrected chi connectivity index (χ0v) is 16.6. The maximum absolute atomic E-state index is 12.9. The second-order valence-corrected chi connectivity index (χ2v) is 7.79. The first-order valence-electron chi connectivity index (χ1n) is 8.88. The van der Waals surface area contributed by atoms with Gasteiger partial charge in [-0.3, -0.25) is 4.79 Å². The number of carbonyl (C=O) groups is 1. The van der Waals surface area contributed by atoms with Crippen LogP contribution in [-0.2, 0) is 26.9 Å². The lowest BCUT2D eigenvalue weighted by atomic mass is 9.76. The van der Waals surface area contributed by atoms with Crippen molar-refractivity contribution < 1.29 is 32.4 Å². The van der Waals surface area contributed by atoms with Crippen molar-refractivity contribution in [3.63, 3.8) is 0 Å². The van der Waals surface area contributed by atoms with Gasteiger partial charge < -0.3 is 19.7 Å². The van der Waals surface area contributed by atoms with E-state index in [9.17, 15) is 23.1 Å². The quantitative estimate of drug-likeness (QED) is 0.746. The molecule has 1 heterocycles. The van der Waals surface area contributed by atoms with Crippen molar-refractivity contribution in [1.29, 1.82) is 0 Å². The van der Waals surface area contributed by atoms with Gasteiger partial charge in [0.2, 0.25) is 5.91 Å². The van der Waals surface area contributed by atoms with E-state index < -0.39 is 36.7 Å². The second kappa shape index (κ2) is 7.89. The molecule has 1 aliphatic rings. The molecular formula is C19H25BF3NO4. The first-order valence-corrected chi connectivity index (χ1v) is 8.88. The molecule has 1 amide bonds. The first-order chi connectivity index (χ1) is 12.8. The molecule has 1 aromatic carbocycles. The maximum Gasteiger partial charge on any atom is 0.492 e. The van der Waals surface area contributed by atoms with Gasteiger partial charge in [-0.1, -0.05) is 12.1 Å². The Balaban J connectivity index is 2.44. The third-order valence-corrected chi connectivity index (χ3v) is 5.08. The Morgan fingerprint density at radius 3 is 2.25 bits per heavy atom. The lowest BCUT2D eigenvalue weighted by Gasteiger charge is -2.32. The van der Waals surface area contributed by atoms with Crippen LogP contribution in [0.1, 0.15) is 51.3 Å². The van der Waals surface area contributed by atoms with Crippen LogP contribution in [0.5, 0.6) is 0 Å². The van der Waals surface area contributed by atoms with Gasteiger partial charge in [0, 0.05) is 13.5 Å². The molecule has 0 spiro atoms. The molecule has 2 rings (SSSR count). The Hall–Kier alpha value is -1.84. The van der Waals surface area contributed by atoms with Crippen molar-refractivity contribution in [1.82, 2.24) is 5.32 Å². The van der Waals surface area contributed by atoms with Gasteiger partial charge in [-0.25, -0.2) is 0 Å². The summed E-state index contributed by atoms with van der Waals surface area (Å²) >= 11 is 0. The molecule has 0 saturated carbocycles. The molecule has 1 fully saturated rings. The average Bonchev–Trinajstić information content (AvgIpc) is 2.78. The number of benzene rings is 1. The molecule has 154 valence electrons. The molecule has 1 saturated heterocycles. The fraction of sp³-hybridized carbons (Fsp3) is 0.526. The molecular weight excluding hydrogens is 374 g/mol.